The Morgan fingerprint density at radius 1 is 1.25 bits per heavy atom. The molecule has 1 N–H and O–H groups in total. The van der Waals surface area contributed by atoms with E-state index in [9.17, 15) is 4.79 Å². The molecule has 2 aliphatic rings. The molecule has 1 saturated heterocycles. The van der Waals surface area contributed by atoms with Crippen LogP contribution in [0.4, 0.5) is 10.5 Å². The predicted octanol–water partition coefficient (Wildman–Crippen LogP) is 2.40. The fraction of sp³-hybridized carbons (Fsp3) is 0.526. The largest absolute Gasteiger partial charge is 0.486 e. The van der Waals surface area contributed by atoms with Crippen LogP contribution in [-0.2, 0) is 11.2 Å². The summed E-state index contributed by atoms with van der Waals surface area (Å²) in [7, 11) is 0. The number of anilines is 1. The van der Waals surface area contributed by atoms with Crippen molar-refractivity contribution in [1.29, 1.82) is 0 Å². The quantitative estimate of drug-likeness (QED) is 0.840. The Kier molecular flexibility index (Phi) is 5.61. The van der Waals surface area contributed by atoms with Gasteiger partial charge in [0.1, 0.15) is 13.2 Å². The topological polar surface area (TPSA) is 99.0 Å². The van der Waals surface area contributed by atoms with Crippen molar-refractivity contribution in [2.75, 3.05) is 38.2 Å². The average molecular weight is 388 g/mol. The third kappa shape index (κ3) is 4.53. The van der Waals surface area contributed by atoms with Crippen LogP contribution in [0.2, 0.25) is 0 Å². The van der Waals surface area contributed by atoms with Crippen LogP contribution in [0.15, 0.2) is 22.7 Å². The van der Waals surface area contributed by atoms with Crippen LogP contribution in [0.3, 0.4) is 0 Å². The van der Waals surface area contributed by atoms with Crippen molar-refractivity contribution in [2.45, 2.75) is 32.3 Å². The number of urea groups is 1. The number of fused-ring (bicyclic) bond motifs is 1. The van der Waals surface area contributed by atoms with Gasteiger partial charge in [0.15, 0.2) is 17.3 Å². The van der Waals surface area contributed by atoms with E-state index in [4.69, 9.17) is 18.7 Å². The van der Waals surface area contributed by atoms with Gasteiger partial charge in [0.2, 0.25) is 5.89 Å². The third-order valence-electron chi connectivity index (χ3n) is 4.77. The first-order valence-electron chi connectivity index (χ1n) is 9.54. The van der Waals surface area contributed by atoms with E-state index in [0.717, 1.165) is 12.8 Å². The fourth-order valence-electron chi connectivity index (χ4n) is 3.31. The molecule has 2 amide bonds. The molecule has 0 saturated carbocycles. The molecule has 150 valence electrons. The molecule has 0 bridgehead atoms. The van der Waals surface area contributed by atoms with Gasteiger partial charge >= 0.3 is 6.03 Å². The van der Waals surface area contributed by atoms with Gasteiger partial charge in [-0.05, 0) is 25.0 Å². The smallest absolute Gasteiger partial charge is 0.321 e. The second kappa shape index (κ2) is 8.47. The monoisotopic (exact) mass is 388 g/mol. The Morgan fingerprint density at radius 3 is 2.79 bits per heavy atom. The number of hydrogen-bond acceptors (Lipinski definition) is 7. The Balaban J connectivity index is 1.20. The highest BCUT2D eigenvalue weighted by molar-refractivity contribution is 5.89. The minimum Gasteiger partial charge on any atom is -0.486 e. The van der Waals surface area contributed by atoms with Crippen LogP contribution < -0.4 is 14.8 Å². The fourth-order valence-corrected chi connectivity index (χ4v) is 3.31. The van der Waals surface area contributed by atoms with Gasteiger partial charge in [0.25, 0.3) is 0 Å². The number of likely N-dealkylation sites (tertiary alicyclic amines) is 1. The molecule has 2 aromatic rings. The van der Waals surface area contributed by atoms with Gasteiger partial charge in [-0.3, -0.25) is 0 Å². The van der Waals surface area contributed by atoms with Gasteiger partial charge in [-0.2, -0.15) is 4.98 Å². The van der Waals surface area contributed by atoms with Crippen LogP contribution >= 0.6 is 0 Å². The van der Waals surface area contributed by atoms with Gasteiger partial charge in [-0.1, -0.05) is 5.16 Å². The predicted molar refractivity (Wildman–Crippen MR) is 99.7 cm³/mol. The summed E-state index contributed by atoms with van der Waals surface area (Å²) >= 11 is 0. The molecule has 1 aromatic carbocycles. The molecule has 0 spiro atoms. The van der Waals surface area contributed by atoms with E-state index in [1.54, 1.807) is 17.9 Å². The van der Waals surface area contributed by atoms with Crippen molar-refractivity contribution in [3.8, 4) is 11.5 Å². The lowest BCUT2D eigenvalue weighted by atomic mass is 10.1. The highest BCUT2D eigenvalue weighted by Crippen LogP contribution is 2.32. The number of rotatable bonds is 5. The minimum atomic E-state index is -0.114. The second-order valence-corrected chi connectivity index (χ2v) is 6.83. The zero-order valence-corrected chi connectivity index (χ0v) is 15.8. The van der Waals surface area contributed by atoms with Gasteiger partial charge in [0, 0.05) is 38.2 Å². The van der Waals surface area contributed by atoms with Crippen LogP contribution in [0.1, 0.15) is 24.6 Å². The molecule has 28 heavy (non-hydrogen) atoms. The van der Waals surface area contributed by atoms with Crippen LogP contribution in [0.5, 0.6) is 11.5 Å². The zero-order valence-electron chi connectivity index (χ0n) is 15.8. The average Bonchev–Trinajstić information content (AvgIpc) is 3.13. The number of hydrogen-bond donors (Lipinski definition) is 1. The number of ether oxygens (including phenoxy) is 3. The molecule has 0 radical (unpaired) electrons. The van der Waals surface area contributed by atoms with Crippen molar-refractivity contribution < 1.29 is 23.5 Å². The number of aromatic nitrogens is 2. The third-order valence-corrected chi connectivity index (χ3v) is 4.77. The number of piperidine rings is 1. The molecule has 0 unspecified atom stereocenters. The lowest BCUT2D eigenvalue weighted by Gasteiger charge is -2.32. The molecule has 1 fully saturated rings. The number of benzene rings is 1. The first kappa shape index (κ1) is 18.5. The summed E-state index contributed by atoms with van der Waals surface area (Å²) in [6, 6.07) is 5.32. The molecule has 0 atom stereocenters. The summed E-state index contributed by atoms with van der Waals surface area (Å²) in [4.78, 5) is 18.5. The van der Waals surface area contributed by atoms with E-state index in [1.165, 1.54) is 0 Å². The molecule has 3 heterocycles. The molecule has 9 nitrogen and oxygen atoms in total. The second-order valence-electron chi connectivity index (χ2n) is 6.83. The number of carbonyl (C=O) groups is 1. The lowest BCUT2D eigenvalue weighted by molar-refractivity contribution is 0.0168. The van der Waals surface area contributed by atoms with Crippen LogP contribution in [0.25, 0.3) is 0 Å². The first-order valence-corrected chi connectivity index (χ1v) is 9.54. The van der Waals surface area contributed by atoms with E-state index in [2.05, 4.69) is 15.5 Å². The Bertz CT molecular complexity index is 816. The first-order chi connectivity index (χ1) is 13.7. The summed E-state index contributed by atoms with van der Waals surface area (Å²) in [6.45, 7) is 4.69. The highest BCUT2D eigenvalue weighted by atomic mass is 16.6. The Hall–Kier alpha value is -2.81. The van der Waals surface area contributed by atoms with E-state index >= 15 is 0 Å². The summed E-state index contributed by atoms with van der Waals surface area (Å²) in [5.74, 6) is 2.59. The molecule has 0 aliphatic carbocycles. The SMILES string of the molecule is Cc1nc(CCOC2CCN(C(=O)Nc3ccc4c(c3)OCCO4)CC2)no1. The summed E-state index contributed by atoms with van der Waals surface area (Å²) in [5, 5.41) is 6.78. The van der Waals surface area contributed by atoms with Gasteiger partial charge in [-0.25, -0.2) is 4.79 Å². The summed E-state index contributed by atoms with van der Waals surface area (Å²) < 4.78 is 21.9. The maximum absolute atomic E-state index is 12.5. The van der Waals surface area contributed by atoms with Crippen LogP contribution in [-0.4, -0.2) is 60.1 Å². The number of amides is 2. The standard InChI is InChI=1S/C19H24N4O5/c1-13-20-18(22-28-13)6-9-25-15-4-7-23(8-5-15)19(24)21-14-2-3-16-17(12-14)27-11-10-26-16/h2-3,12,15H,4-11H2,1H3,(H,21,24). The molecular formula is C19H24N4O5. The van der Waals surface area contributed by atoms with Crippen molar-refractivity contribution in [2.24, 2.45) is 0 Å². The van der Waals surface area contributed by atoms with E-state index in [0.29, 0.717) is 68.2 Å². The Morgan fingerprint density at radius 2 is 2.04 bits per heavy atom. The van der Waals surface area contributed by atoms with Gasteiger partial charge < -0.3 is 29.0 Å². The van der Waals surface area contributed by atoms with Crippen LogP contribution in [0, 0.1) is 6.92 Å². The molecule has 2 aliphatic heterocycles. The number of nitrogens with one attached hydrogen (secondary N) is 1. The number of carbonyl (C=O) groups excluding carboxylic acids is 1. The highest BCUT2D eigenvalue weighted by Gasteiger charge is 2.24. The number of aryl methyl sites for hydroxylation is 1. The maximum atomic E-state index is 12.5. The summed E-state index contributed by atoms with van der Waals surface area (Å²) in [6.07, 6.45) is 2.38. The van der Waals surface area contributed by atoms with Gasteiger partial charge in [0.05, 0.1) is 12.7 Å². The summed E-state index contributed by atoms with van der Waals surface area (Å²) in [5.41, 5.74) is 0.697. The molecule has 1 aromatic heterocycles. The minimum absolute atomic E-state index is 0.114. The Labute approximate surface area is 162 Å². The lowest BCUT2D eigenvalue weighted by Crippen LogP contribution is -2.43. The normalized spacial score (nSPS) is 16.8. The molecule has 9 heteroatoms. The van der Waals surface area contributed by atoms with Crippen molar-refractivity contribution in [3.63, 3.8) is 0 Å². The molecule has 4 rings (SSSR count). The van der Waals surface area contributed by atoms with Crippen molar-refractivity contribution >= 4 is 11.7 Å². The van der Waals surface area contributed by atoms with E-state index in [1.807, 2.05) is 12.1 Å². The molecular weight excluding hydrogens is 364 g/mol. The van der Waals surface area contributed by atoms with Gasteiger partial charge in [-0.15, -0.1) is 0 Å². The number of nitrogens with zero attached hydrogens (tertiary/aromatic N) is 3. The zero-order chi connectivity index (χ0) is 19.3. The van der Waals surface area contributed by atoms with E-state index in [-0.39, 0.29) is 12.1 Å². The van der Waals surface area contributed by atoms with Crippen molar-refractivity contribution in [3.05, 3.63) is 29.9 Å². The van der Waals surface area contributed by atoms with Crippen molar-refractivity contribution in [1.82, 2.24) is 15.0 Å². The van der Waals surface area contributed by atoms with E-state index < -0.39 is 0 Å². The maximum Gasteiger partial charge on any atom is 0.321 e.